The number of ether oxygens (including phenoxy) is 1. The summed E-state index contributed by atoms with van der Waals surface area (Å²) in [4.78, 5) is 2.43. The van der Waals surface area contributed by atoms with E-state index >= 15 is 0 Å². The Hall–Kier alpha value is -0.380. The third-order valence-corrected chi connectivity index (χ3v) is 3.07. The van der Waals surface area contributed by atoms with Crippen molar-refractivity contribution in [1.82, 2.24) is 4.90 Å². The van der Waals surface area contributed by atoms with Crippen molar-refractivity contribution >= 4 is 0 Å². The van der Waals surface area contributed by atoms with Crippen LogP contribution in [0.15, 0.2) is 12.2 Å². The van der Waals surface area contributed by atoms with Crippen LogP contribution in [0.5, 0.6) is 0 Å². The summed E-state index contributed by atoms with van der Waals surface area (Å²) in [5, 5.41) is 9.04. The molecule has 0 spiro atoms. The van der Waals surface area contributed by atoms with E-state index in [2.05, 4.69) is 17.1 Å². The van der Waals surface area contributed by atoms with Gasteiger partial charge < -0.3 is 9.84 Å². The Morgan fingerprint density at radius 1 is 1.50 bits per heavy atom. The second-order valence-electron chi connectivity index (χ2n) is 4.10. The lowest BCUT2D eigenvalue weighted by molar-refractivity contribution is -0.0609. The van der Waals surface area contributed by atoms with Crippen LogP contribution in [0.2, 0.25) is 0 Å². The summed E-state index contributed by atoms with van der Waals surface area (Å²) < 4.78 is 5.43. The molecule has 1 heterocycles. The van der Waals surface area contributed by atoms with Crippen LogP contribution in [0.1, 0.15) is 19.3 Å². The molecule has 0 amide bonds. The highest BCUT2D eigenvalue weighted by Gasteiger charge is 2.24. The van der Waals surface area contributed by atoms with Gasteiger partial charge in [0, 0.05) is 19.1 Å². The van der Waals surface area contributed by atoms with Gasteiger partial charge >= 0.3 is 0 Å². The highest BCUT2D eigenvalue weighted by atomic mass is 16.5. The van der Waals surface area contributed by atoms with E-state index in [-0.39, 0.29) is 12.7 Å². The molecule has 1 aliphatic heterocycles. The molecular weight excluding hydrogens is 178 g/mol. The molecule has 1 fully saturated rings. The molecule has 14 heavy (non-hydrogen) atoms. The second-order valence-corrected chi connectivity index (χ2v) is 4.10. The van der Waals surface area contributed by atoms with Gasteiger partial charge in [0.2, 0.25) is 0 Å². The molecule has 2 aliphatic rings. The first-order valence-corrected chi connectivity index (χ1v) is 5.53. The second kappa shape index (κ2) is 4.91. The maximum atomic E-state index is 9.04. The summed E-state index contributed by atoms with van der Waals surface area (Å²) in [7, 11) is 0. The highest BCUT2D eigenvalue weighted by molar-refractivity contribution is 4.99. The van der Waals surface area contributed by atoms with E-state index in [0.29, 0.717) is 6.04 Å². The molecule has 3 nitrogen and oxygen atoms in total. The Balaban J connectivity index is 1.89. The van der Waals surface area contributed by atoms with Crippen molar-refractivity contribution in [2.75, 3.05) is 26.3 Å². The zero-order valence-electron chi connectivity index (χ0n) is 8.56. The minimum Gasteiger partial charge on any atom is -0.394 e. The van der Waals surface area contributed by atoms with Crippen LogP contribution in [-0.2, 0) is 4.74 Å². The van der Waals surface area contributed by atoms with Crippen LogP contribution in [-0.4, -0.2) is 48.5 Å². The lowest BCUT2D eigenvalue weighted by atomic mass is 10.0. The van der Waals surface area contributed by atoms with Gasteiger partial charge in [0.05, 0.1) is 19.3 Å². The minimum absolute atomic E-state index is 0.0269. The third-order valence-electron chi connectivity index (χ3n) is 3.07. The lowest BCUT2D eigenvalue weighted by Crippen LogP contribution is -2.48. The molecule has 1 saturated heterocycles. The largest absolute Gasteiger partial charge is 0.394 e. The van der Waals surface area contributed by atoms with Gasteiger partial charge in [-0.15, -0.1) is 0 Å². The van der Waals surface area contributed by atoms with Gasteiger partial charge in [-0.2, -0.15) is 0 Å². The molecular formula is C11H19NO2. The molecule has 0 aromatic carbocycles. The number of hydrogen-bond donors (Lipinski definition) is 1. The fraction of sp³-hybridized carbons (Fsp3) is 0.818. The number of rotatable bonds is 2. The molecule has 0 aromatic heterocycles. The molecule has 0 radical (unpaired) electrons. The molecule has 2 atom stereocenters. The normalized spacial score (nSPS) is 34.6. The Morgan fingerprint density at radius 3 is 3.14 bits per heavy atom. The first-order valence-electron chi connectivity index (χ1n) is 5.53. The van der Waals surface area contributed by atoms with Crippen LogP contribution in [0, 0.1) is 0 Å². The summed E-state index contributed by atoms with van der Waals surface area (Å²) in [6.45, 7) is 2.79. The number of aliphatic hydroxyl groups excluding tert-OH is 1. The summed E-state index contributed by atoms with van der Waals surface area (Å²) >= 11 is 0. The average Bonchev–Trinajstić information content (AvgIpc) is 2.30. The van der Waals surface area contributed by atoms with Crippen LogP contribution < -0.4 is 0 Å². The van der Waals surface area contributed by atoms with Crippen molar-refractivity contribution in [3.63, 3.8) is 0 Å². The molecule has 1 N–H and O–H groups in total. The molecule has 2 rings (SSSR count). The van der Waals surface area contributed by atoms with Gasteiger partial charge in [-0.1, -0.05) is 12.2 Å². The predicted octanol–water partition coefficient (Wildman–Crippen LogP) is 0.788. The van der Waals surface area contributed by atoms with E-state index in [1.807, 2.05) is 0 Å². The van der Waals surface area contributed by atoms with Crippen molar-refractivity contribution in [2.24, 2.45) is 0 Å². The first-order chi connectivity index (χ1) is 6.90. The Kier molecular flexibility index (Phi) is 3.56. The van der Waals surface area contributed by atoms with Gasteiger partial charge in [-0.3, -0.25) is 4.90 Å². The maximum Gasteiger partial charge on any atom is 0.0933 e. The van der Waals surface area contributed by atoms with Crippen molar-refractivity contribution in [3.05, 3.63) is 12.2 Å². The van der Waals surface area contributed by atoms with Crippen molar-refractivity contribution in [1.29, 1.82) is 0 Å². The van der Waals surface area contributed by atoms with E-state index in [4.69, 9.17) is 9.84 Å². The molecule has 80 valence electrons. The zero-order chi connectivity index (χ0) is 9.80. The molecule has 2 unspecified atom stereocenters. The Morgan fingerprint density at radius 2 is 2.43 bits per heavy atom. The van der Waals surface area contributed by atoms with E-state index in [1.165, 1.54) is 19.3 Å². The predicted molar refractivity (Wildman–Crippen MR) is 55.2 cm³/mol. The van der Waals surface area contributed by atoms with Crippen molar-refractivity contribution in [2.45, 2.75) is 31.4 Å². The van der Waals surface area contributed by atoms with Crippen molar-refractivity contribution in [3.8, 4) is 0 Å². The van der Waals surface area contributed by atoms with Gasteiger partial charge in [-0.25, -0.2) is 0 Å². The monoisotopic (exact) mass is 197 g/mol. The van der Waals surface area contributed by atoms with E-state index in [9.17, 15) is 0 Å². The zero-order valence-corrected chi connectivity index (χ0v) is 8.56. The fourth-order valence-electron chi connectivity index (χ4n) is 2.25. The van der Waals surface area contributed by atoms with Crippen LogP contribution in [0.25, 0.3) is 0 Å². The summed E-state index contributed by atoms with van der Waals surface area (Å²) in [5.74, 6) is 0. The highest BCUT2D eigenvalue weighted by Crippen LogP contribution is 2.18. The van der Waals surface area contributed by atoms with E-state index in [1.54, 1.807) is 0 Å². The Bertz CT molecular complexity index is 205. The van der Waals surface area contributed by atoms with Crippen LogP contribution in [0.3, 0.4) is 0 Å². The number of aliphatic hydroxyl groups is 1. The van der Waals surface area contributed by atoms with Gasteiger partial charge in [0.1, 0.15) is 0 Å². The van der Waals surface area contributed by atoms with E-state index in [0.717, 1.165) is 19.7 Å². The van der Waals surface area contributed by atoms with E-state index < -0.39 is 0 Å². The lowest BCUT2D eigenvalue weighted by Gasteiger charge is -2.37. The summed E-state index contributed by atoms with van der Waals surface area (Å²) in [6.07, 6.45) is 8.39. The topological polar surface area (TPSA) is 32.7 Å². The average molecular weight is 197 g/mol. The number of nitrogens with zero attached hydrogens (tertiary/aromatic N) is 1. The number of allylic oxidation sites excluding steroid dienone is 1. The summed E-state index contributed by atoms with van der Waals surface area (Å²) in [6, 6.07) is 0.585. The summed E-state index contributed by atoms with van der Waals surface area (Å²) in [5.41, 5.74) is 0. The molecule has 1 aliphatic carbocycles. The van der Waals surface area contributed by atoms with Crippen molar-refractivity contribution < 1.29 is 9.84 Å². The number of morpholine rings is 1. The standard InChI is InChI=1S/C11H19NO2/c13-9-11-8-12(6-7-14-11)10-4-2-1-3-5-10/h2,4,10-11,13H,1,3,5-9H2. The molecule has 0 bridgehead atoms. The van der Waals surface area contributed by atoms with Gasteiger partial charge in [-0.05, 0) is 19.3 Å². The molecule has 0 saturated carbocycles. The molecule has 3 heteroatoms. The SMILES string of the molecule is OCC1CN(C2C=CCCC2)CCO1. The quantitative estimate of drug-likeness (QED) is 0.664. The van der Waals surface area contributed by atoms with Crippen LogP contribution >= 0.6 is 0 Å². The minimum atomic E-state index is 0.0269. The van der Waals surface area contributed by atoms with Crippen LogP contribution in [0.4, 0.5) is 0 Å². The molecule has 0 aromatic rings. The fourth-order valence-corrected chi connectivity index (χ4v) is 2.25. The maximum absolute atomic E-state index is 9.04. The Labute approximate surface area is 85.4 Å². The van der Waals surface area contributed by atoms with Gasteiger partial charge in [0.15, 0.2) is 0 Å². The number of hydrogen-bond acceptors (Lipinski definition) is 3. The van der Waals surface area contributed by atoms with Gasteiger partial charge in [0.25, 0.3) is 0 Å². The smallest absolute Gasteiger partial charge is 0.0933 e. The first kappa shape index (κ1) is 10.1. The third kappa shape index (κ3) is 2.35.